The summed E-state index contributed by atoms with van der Waals surface area (Å²) in [6, 6.07) is 9.46. The molecule has 0 spiro atoms. The number of methoxy groups -OCH3 is 1. The summed E-state index contributed by atoms with van der Waals surface area (Å²) in [6.07, 6.45) is 3.55. The first-order valence-electron chi connectivity index (χ1n) is 10.6. The number of piperidine rings is 1. The van der Waals surface area contributed by atoms with E-state index in [4.69, 9.17) is 14.0 Å². The molecule has 0 radical (unpaired) electrons. The molecule has 2 aromatic heterocycles. The number of rotatable bonds is 8. The number of H-pyrrole nitrogens is 1. The molecule has 1 saturated heterocycles. The maximum Gasteiger partial charge on any atom is 0.259 e. The van der Waals surface area contributed by atoms with Crippen LogP contribution in [0.15, 0.2) is 45.8 Å². The minimum atomic E-state index is -0.155. The fraction of sp³-hybridized carbons (Fsp3) is 0.435. The third kappa shape index (κ3) is 5.21. The highest BCUT2D eigenvalue weighted by Gasteiger charge is 2.25. The van der Waals surface area contributed by atoms with Gasteiger partial charge < -0.3 is 19.0 Å². The highest BCUT2D eigenvalue weighted by molar-refractivity contribution is 5.50. The molecule has 1 aliphatic rings. The molecular formula is C23H28N4O4. The van der Waals surface area contributed by atoms with Gasteiger partial charge in [-0.2, -0.15) is 4.98 Å². The Kier molecular flexibility index (Phi) is 6.79. The second-order valence-electron chi connectivity index (χ2n) is 7.73. The van der Waals surface area contributed by atoms with Gasteiger partial charge in [-0.1, -0.05) is 11.2 Å². The van der Waals surface area contributed by atoms with Crippen LogP contribution >= 0.6 is 0 Å². The quantitative estimate of drug-likeness (QED) is 0.593. The Bertz CT molecular complexity index is 1030. The minimum Gasteiger partial charge on any atom is -0.496 e. The molecule has 3 heterocycles. The van der Waals surface area contributed by atoms with Gasteiger partial charge >= 0.3 is 0 Å². The number of ether oxygens (including phenoxy) is 2. The lowest BCUT2D eigenvalue weighted by Gasteiger charge is -2.30. The third-order valence-corrected chi connectivity index (χ3v) is 5.64. The van der Waals surface area contributed by atoms with Crippen LogP contribution in [0.1, 0.15) is 42.6 Å². The van der Waals surface area contributed by atoms with Crippen LogP contribution in [0.5, 0.6) is 5.75 Å². The first kappa shape index (κ1) is 21.3. The van der Waals surface area contributed by atoms with E-state index >= 15 is 0 Å². The number of hydrogen-bond acceptors (Lipinski definition) is 7. The summed E-state index contributed by atoms with van der Waals surface area (Å²) in [7, 11) is 1.69. The molecule has 8 nitrogen and oxygen atoms in total. The summed E-state index contributed by atoms with van der Waals surface area (Å²) in [6.45, 7) is 6.07. The highest BCUT2D eigenvalue weighted by atomic mass is 16.5. The van der Waals surface area contributed by atoms with Crippen molar-refractivity contribution in [2.45, 2.75) is 38.8 Å². The van der Waals surface area contributed by atoms with Crippen LogP contribution in [0.2, 0.25) is 0 Å². The fourth-order valence-corrected chi connectivity index (χ4v) is 3.92. The van der Waals surface area contributed by atoms with Crippen LogP contribution in [-0.2, 0) is 17.9 Å². The summed E-state index contributed by atoms with van der Waals surface area (Å²) in [4.78, 5) is 20.9. The van der Waals surface area contributed by atoms with Crippen molar-refractivity contribution in [1.29, 1.82) is 0 Å². The molecule has 0 atom stereocenters. The van der Waals surface area contributed by atoms with Crippen molar-refractivity contribution in [2.75, 3.05) is 26.8 Å². The fourth-order valence-electron chi connectivity index (χ4n) is 3.92. The molecule has 164 valence electrons. The van der Waals surface area contributed by atoms with Crippen molar-refractivity contribution in [1.82, 2.24) is 20.0 Å². The van der Waals surface area contributed by atoms with E-state index in [-0.39, 0.29) is 11.5 Å². The maximum atomic E-state index is 11.2. The van der Waals surface area contributed by atoms with Crippen molar-refractivity contribution in [2.24, 2.45) is 0 Å². The molecule has 8 heteroatoms. The lowest BCUT2D eigenvalue weighted by molar-refractivity contribution is 0.131. The number of aromatic nitrogens is 3. The van der Waals surface area contributed by atoms with Crippen molar-refractivity contribution in [3.05, 3.63) is 63.8 Å². The molecule has 0 unspecified atom stereocenters. The van der Waals surface area contributed by atoms with Gasteiger partial charge in [0.05, 0.1) is 19.3 Å². The van der Waals surface area contributed by atoms with Gasteiger partial charge in [-0.15, -0.1) is 0 Å². The van der Waals surface area contributed by atoms with Crippen LogP contribution in [0.3, 0.4) is 0 Å². The molecular weight excluding hydrogens is 396 g/mol. The summed E-state index contributed by atoms with van der Waals surface area (Å²) in [5.41, 5.74) is 2.91. The van der Waals surface area contributed by atoms with Crippen LogP contribution < -0.4 is 10.3 Å². The number of likely N-dealkylation sites (tertiary alicyclic amines) is 1. The number of nitrogens with one attached hydrogen (secondary N) is 1. The Balaban J connectivity index is 1.35. The highest BCUT2D eigenvalue weighted by Crippen LogP contribution is 2.29. The Morgan fingerprint density at radius 1 is 1.23 bits per heavy atom. The smallest absolute Gasteiger partial charge is 0.259 e. The molecule has 1 aliphatic heterocycles. The van der Waals surface area contributed by atoms with E-state index in [0.717, 1.165) is 55.2 Å². The zero-order chi connectivity index (χ0) is 21.6. The Morgan fingerprint density at radius 2 is 2.06 bits per heavy atom. The van der Waals surface area contributed by atoms with E-state index in [1.807, 2.05) is 13.0 Å². The number of hydrogen-bond donors (Lipinski definition) is 1. The number of aromatic amines is 1. The van der Waals surface area contributed by atoms with Gasteiger partial charge in [0.15, 0.2) is 5.82 Å². The molecule has 4 rings (SSSR count). The monoisotopic (exact) mass is 424 g/mol. The van der Waals surface area contributed by atoms with Crippen molar-refractivity contribution in [3.8, 4) is 17.2 Å². The van der Waals surface area contributed by atoms with Crippen LogP contribution in [0.25, 0.3) is 11.5 Å². The van der Waals surface area contributed by atoms with E-state index in [9.17, 15) is 4.79 Å². The number of benzene rings is 1. The van der Waals surface area contributed by atoms with E-state index in [2.05, 4.69) is 32.2 Å². The normalized spacial score (nSPS) is 15.3. The number of nitrogens with zero attached hydrogens (tertiary/aromatic N) is 3. The van der Waals surface area contributed by atoms with Gasteiger partial charge in [0.1, 0.15) is 5.75 Å². The summed E-state index contributed by atoms with van der Waals surface area (Å²) in [5.74, 6) is 2.32. The Morgan fingerprint density at radius 3 is 2.77 bits per heavy atom. The zero-order valence-corrected chi connectivity index (χ0v) is 18.0. The van der Waals surface area contributed by atoms with Gasteiger partial charge in [0.2, 0.25) is 5.56 Å². The predicted molar refractivity (Wildman–Crippen MR) is 116 cm³/mol. The largest absolute Gasteiger partial charge is 0.496 e. The van der Waals surface area contributed by atoms with Crippen LogP contribution in [0, 0.1) is 0 Å². The molecule has 0 bridgehead atoms. The first-order chi connectivity index (χ1) is 15.2. The average molecular weight is 425 g/mol. The van der Waals surface area contributed by atoms with E-state index in [0.29, 0.717) is 19.1 Å². The second-order valence-corrected chi connectivity index (χ2v) is 7.73. The standard InChI is InChI=1S/C23H28N4O4/c1-3-30-15-19-12-16(4-6-20(19)29-2)14-27-10-8-17(9-11-27)22-25-23(31-26-22)18-5-7-21(28)24-13-18/h4-7,12-13,17H,3,8-11,14-15H2,1-2H3,(H,24,28). The molecule has 0 aliphatic carbocycles. The molecule has 31 heavy (non-hydrogen) atoms. The molecule has 1 aromatic carbocycles. The average Bonchev–Trinajstić information content (AvgIpc) is 3.29. The summed E-state index contributed by atoms with van der Waals surface area (Å²) in [5, 5.41) is 4.18. The molecule has 0 saturated carbocycles. The van der Waals surface area contributed by atoms with Gasteiger partial charge in [-0.3, -0.25) is 9.69 Å². The van der Waals surface area contributed by atoms with Crippen LogP contribution in [-0.4, -0.2) is 46.8 Å². The zero-order valence-electron chi connectivity index (χ0n) is 18.0. The minimum absolute atomic E-state index is 0.155. The van der Waals surface area contributed by atoms with Gasteiger partial charge in [-0.25, -0.2) is 0 Å². The van der Waals surface area contributed by atoms with Gasteiger partial charge in [0, 0.05) is 36.9 Å². The molecule has 1 N–H and O–H groups in total. The van der Waals surface area contributed by atoms with Crippen LogP contribution in [0.4, 0.5) is 0 Å². The summed E-state index contributed by atoms with van der Waals surface area (Å²) >= 11 is 0. The molecule has 1 fully saturated rings. The first-order valence-corrected chi connectivity index (χ1v) is 10.6. The maximum absolute atomic E-state index is 11.2. The predicted octanol–water partition coefficient (Wildman–Crippen LogP) is 3.35. The Labute approximate surface area is 181 Å². The topological polar surface area (TPSA) is 93.5 Å². The van der Waals surface area contributed by atoms with E-state index in [1.165, 1.54) is 11.6 Å². The third-order valence-electron chi connectivity index (χ3n) is 5.64. The van der Waals surface area contributed by atoms with Crippen molar-refractivity contribution in [3.63, 3.8) is 0 Å². The SMILES string of the molecule is CCOCc1cc(CN2CCC(c3noc(-c4ccc(=O)[nH]c4)n3)CC2)ccc1OC. The second kappa shape index (κ2) is 9.89. The van der Waals surface area contributed by atoms with E-state index < -0.39 is 0 Å². The number of pyridine rings is 1. The summed E-state index contributed by atoms with van der Waals surface area (Å²) < 4.78 is 16.4. The molecule has 3 aromatic rings. The van der Waals surface area contributed by atoms with Crippen molar-refractivity contribution >= 4 is 0 Å². The van der Waals surface area contributed by atoms with Gasteiger partial charge in [-0.05, 0) is 56.6 Å². The molecule has 0 amide bonds. The Hall–Kier alpha value is -2.97. The van der Waals surface area contributed by atoms with Crippen molar-refractivity contribution < 1.29 is 14.0 Å². The lowest BCUT2D eigenvalue weighted by Crippen LogP contribution is -2.32. The van der Waals surface area contributed by atoms with Gasteiger partial charge in [0.25, 0.3) is 5.89 Å². The lowest BCUT2D eigenvalue weighted by atomic mass is 9.95. The van der Waals surface area contributed by atoms with E-state index in [1.54, 1.807) is 19.4 Å².